The molecule has 0 fully saturated rings. The summed E-state index contributed by atoms with van der Waals surface area (Å²) in [6.45, 7) is 0. The molecule has 0 aliphatic heterocycles. The van der Waals surface area contributed by atoms with E-state index in [1.807, 2.05) is 60.7 Å². The number of thioether (sulfide) groups is 1. The second-order valence-corrected chi connectivity index (χ2v) is 5.96. The third kappa shape index (κ3) is 3.23. The lowest BCUT2D eigenvalue weighted by Crippen LogP contribution is -1.82. The zero-order chi connectivity index (χ0) is 16.2. The van der Waals surface area contributed by atoms with Gasteiger partial charge in [0.1, 0.15) is 6.26 Å². The maximum absolute atomic E-state index is 5.67. The summed E-state index contributed by atoms with van der Waals surface area (Å²) in [6.07, 6.45) is 1.66. The summed E-state index contributed by atoms with van der Waals surface area (Å²) in [5.41, 5.74) is 2.70. The second-order valence-electron chi connectivity index (χ2n) is 5.04. The summed E-state index contributed by atoms with van der Waals surface area (Å²) in [5.74, 6) is 1.73. The number of hydrogen-bond acceptors (Lipinski definition) is 6. The Morgan fingerprint density at radius 1 is 0.792 bits per heavy atom. The predicted octanol–water partition coefficient (Wildman–Crippen LogP) is 4.68. The SMILES string of the molecule is c1ccc(-c2nc(CSc3nnc(-c4ccccc4)o3)co2)cc1. The minimum Gasteiger partial charge on any atom is -0.444 e. The first kappa shape index (κ1) is 14.7. The van der Waals surface area contributed by atoms with Crippen LogP contribution in [-0.4, -0.2) is 15.2 Å². The molecule has 0 atom stereocenters. The Kier molecular flexibility index (Phi) is 4.12. The Balaban J connectivity index is 1.43. The van der Waals surface area contributed by atoms with E-state index in [0.717, 1.165) is 16.8 Å². The van der Waals surface area contributed by atoms with Gasteiger partial charge >= 0.3 is 0 Å². The highest BCUT2D eigenvalue weighted by Crippen LogP contribution is 2.26. The molecular formula is C18H13N3O2S. The maximum atomic E-state index is 5.67. The van der Waals surface area contributed by atoms with Crippen LogP contribution in [0.5, 0.6) is 0 Å². The number of benzene rings is 2. The van der Waals surface area contributed by atoms with Gasteiger partial charge in [-0.2, -0.15) is 0 Å². The van der Waals surface area contributed by atoms with Gasteiger partial charge in [-0.25, -0.2) is 4.98 Å². The van der Waals surface area contributed by atoms with Crippen LogP contribution in [0.4, 0.5) is 0 Å². The molecule has 0 saturated heterocycles. The average molecular weight is 335 g/mol. The molecule has 0 aliphatic rings. The molecule has 5 nitrogen and oxygen atoms in total. The van der Waals surface area contributed by atoms with Crippen LogP contribution in [0.25, 0.3) is 22.9 Å². The van der Waals surface area contributed by atoms with E-state index in [-0.39, 0.29) is 0 Å². The summed E-state index contributed by atoms with van der Waals surface area (Å²) >= 11 is 1.43. The first-order valence-corrected chi connectivity index (χ1v) is 8.38. The fraction of sp³-hybridized carbons (Fsp3) is 0.0556. The molecule has 6 heteroatoms. The lowest BCUT2D eigenvalue weighted by atomic mass is 10.2. The largest absolute Gasteiger partial charge is 0.444 e. The van der Waals surface area contributed by atoms with Gasteiger partial charge in [-0.1, -0.05) is 48.2 Å². The van der Waals surface area contributed by atoms with E-state index in [1.54, 1.807) is 6.26 Å². The highest BCUT2D eigenvalue weighted by Gasteiger charge is 2.11. The lowest BCUT2D eigenvalue weighted by Gasteiger charge is -1.93. The van der Waals surface area contributed by atoms with Crippen LogP contribution < -0.4 is 0 Å². The summed E-state index contributed by atoms with van der Waals surface area (Å²) in [4.78, 5) is 4.48. The smallest absolute Gasteiger partial charge is 0.277 e. The van der Waals surface area contributed by atoms with E-state index in [2.05, 4.69) is 15.2 Å². The molecule has 0 bridgehead atoms. The van der Waals surface area contributed by atoms with Crippen molar-refractivity contribution in [2.75, 3.05) is 0 Å². The van der Waals surface area contributed by atoms with Crippen LogP contribution in [0.2, 0.25) is 0 Å². The molecule has 0 N–H and O–H groups in total. The molecule has 0 radical (unpaired) electrons. The van der Waals surface area contributed by atoms with E-state index < -0.39 is 0 Å². The van der Waals surface area contributed by atoms with E-state index in [4.69, 9.17) is 8.83 Å². The van der Waals surface area contributed by atoms with Gasteiger partial charge in [-0.05, 0) is 24.3 Å². The van der Waals surface area contributed by atoms with Crippen LogP contribution in [0, 0.1) is 0 Å². The number of oxazole rings is 1. The monoisotopic (exact) mass is 335 g/mol. The summed E-state index contributed by atoms with van der Waals surface area (Å²) in [6, 6.07) is 19.5. The summed E-state index contributed by atoms with van der Waals surface area (Å²) < 4.78 is 11.2. The standard InChI is InChI=1S/C18H13N3O2S/c1-3-7-13(8-4-1)16-19-15(11-22-16)12-24-18-21-20-17(23-18)14-9-5-2-6-10-14/h1-11H,12H2. The van der Waals surface area contributed by atoms with Crippen LogP contribution in [0.15, 0.2) is 81.0 Å². The number of aromatic nitrogens is 3. The molecule has 0 saturated carbocycles. The molecular weight excluding hydrogens is 322 g/mol. The van der Waals surface area contributed by atoms with Crippen molar-refractivity contribution in [3.05, 3.63) is 72.6 Å². The average Bonchev–Trinajstić information content (AvgIpc) is 3.31. The van der Waals surface area contributed by atoms with E-state index in [1.165, 1.54) is 11.8 Å². The van der Waals surface area contributed by atoms with Gasteiger partial charge < -0.3 is 8.83 Å². The van der Waals surface area contributed by atoms with Gasteiger partial charge in [0.2, 0.25) is 11.8 Å². The normalized spacial score (nSPS) is 10.8. The number of hydrogen-bond donors (Lipinski definition) is 0. The molecule has 0 aliphatic carbocycles. The van der Waals surface area contributed by atoms with Crippen molar-refractivity contribution in [1.29, 1.82) is 0 Å². The molecule has 2 heterocycles. The van der Waals surface area contributed by atoms with Crippen molar-refractivity contribution in [2.45, 2.75) is 11.0 Å². The Hall–Kier alpha value is -2.86. The third-order valence-electron chi connectivity index (χ3n) is 3.34. The minimum atomic E-state index is 0.512. The summed E-state index contributed by atoms with van der Waals surface area (Å²) in [5, 5.41) is 8.64. The van der Waals surface area contributed by atoms with Crippen molar-refractivity contribution in [2.24, 2.45) is 0 Å². The van der Waals surface area contributed by atoms with E-state index >= 15 is 0 Å². The fourth-order valence-corrected chi connectivity index (χ4v) is 2.83. The van der Waals surface area contributed by atoms with Crippen molar-refractivity contribution < 1.29 is 8.83 Å². The lowest BCUT2D eigenvalue weighted by molar-refractivity contribution is 0.466. The molecule has 4 rings (SSSR count). The zero-order valence-corrected chi connectivity index (χ0v) is 13.4. The highest BCUT2D eigenvalue weighted by molar-refractivity contribution is 7.98. The fourth-order valence-electron chi connectivity index (χ4n) is 2.19. The molecule has 0 unspecified atom stereocenters. The highest BCUT2D eigenvalue weighted by atomic mass is 32.2. The Bertz CT molecular complexity index is 842. The molecule has 118 valence electrons. The van der Waals surface area contributed by atoms with Gasteiger partial charge in [0.25, 0.3) is 5.22 Å². The van der Waals surface area contributed by atoms with Crippen molar-refractivity contribution in [3.63, 3.8) is 0 Å². The zero-order valence-electron chi connectivity index (χ0n) is 12.6. The van der Waals surface area contributed by atoms with Gasteiger partial charge in [0, 0.05) is 16.9 Å². The van der Waals surface area contributed by atoms with Crippen molar-refractivity contribution >= 4 is 11.8 Å². The summed E-state index contributed by atoms with van der Waals surface area (Å²) in [7, 11) is 0. The molecule has 0 amide bonds. The van der Waals surface area contributed by atoms with Crippen molar-refractivity contribution in [1.82, 2.24) is 15.2 Å². The van der Waals surface area contributed by atoms with Crippen LogP contribution >= 0.6 is 11.8 Å². The first-order valence-electron chi connectivity index (χ1n) is 7.40. The number of rotatable bonds is 5. The van der Waals surface area contributed by atoms with Crippen molar-refractivity contribution in [3.8, 4) is 22.9 Å². The molecule has 0 spiro atoms. The molecule has 2 aromatic carbocycles. The van der Waals surface area contributed by atoms with E-state index in [9.17, 15) is 0 Å². The Morgan fingerprint density at radius 2 is 1.46 bits per heavy atom. The number of nitrogens with zero attached hydrogens (tertiary/aromatic N) is 3. The minimum absolute atomic E-state index is 0.512. The Labute approximate surface area is 142 Å². The van der Waals surface area contributed by atoms with E-state index in [0.29, 0.717) is 22.8 Å². The predicted molar refractivity (Wildman–Crippen MR) is 91.2 cm³/mol. The van der Waals surface area contributed by atoms with Crippen LogP contribution in [0.1, 0.15) is 5.69 Å². The van der Waals surface area contributed by atoms with Crippen LogP contribution in [0.3, 0.4) is 0 Å². The van der Waals surface area contributed by atoms with Gasteiger partial charge in [-0.15, -0.1) is 10.2 Å². The first-order chi connectivity index (χ1) is 11.9. The van der Waals surface area contributed by atoms with Gasteiger partial charge in [0.05, 0.1) is 5.69 Å². The van der Waals surface area contributed by atoms with Gasteiger partial charge in [0.15, 0.2) is 0 Å². The maximum Gasteiger partial charge on any atom is 0.277 e. The third-order valence-corrected chi connectivity index (χ3v) is 4.20. The molecule has 4 aromatic rings. The van der Waals surface area contributed by atoms with Gasteiger partial charge in [-0.3, -0.25) is 0 Å². The topological polar surface area (TPSA) is 65.0 Å². The quantitative estimate of drug-likeness (QED) is 0.493. The Morgan fingerprint density at radius 3 is 2.17 bits per heavy atom. The van der Waals surface area contributed by atoms with Crippen LogP contribution in [-0.2, 0) is 5.75 Å². The second kappa shape index (κ2) is 6.72. The molecule has 2 aromatic heterocycles. The molecule has 24 heavy (non-hydrogen) atoms.